The van der Waals surface area contributed by atoms with Gasteiger partial charge in [0.05, 0.1) is 17.4 Å². The number of nitrogens with zero attached hydrogens (tertiary/aromatic N) is 1. The molecule has 8 heteroatoms. The molecule has 1 aliphatic carbocycles. The number of likely N-dealkylation sites (tertiary alicyclic amines) is 1. The van der Waals surface area contributed by atoms with Gasteiger partial charge in [-0.25, -0.2) is 4.39 Å². The highest BCUT2D eigenvalue weighted by molar-refractivity contribution is 6.07. The van der Waals surface area contributed by atoms with Crippen LogP contribution in [0.15, 0.2) is 36.4 Å². The number of amides is 4. The van der Waals surface area contributed by atoms with Crippen LogP contribution in [0.25, 0.3) is 0 Å². The van der Waals surface area contributed by atoms with Crippen LogP contribution in [-0.4, -0.2) is 35.1 Å². The number of hydrogen-bond acceptors (Lipinski definition) is 4. The van der Waals surface area contributed by atoms with E-state index in [9.17, 15) is 23.6 Å². The van der Waals surface area contributed by atoms with Gasteiger partial charge in [-0.2, -0.15) is 0 Å². The summed E-state index contributed by atoms with van der Waals surface area (Å²) in [7, 11) is 0. The maximum atomic E-state index is 13.5. The van der Waals surface area contributed by atoms with Crippen LogP contribution >= 0.6 is 0 Å². The average Bonchev–Trinajstić information content (AvgIpc) is 2.85. The highest BCUT2D eigenvalue weighted by Gasteiger charge is 2.47. The highest BCUT2D eigenvalue weighted by atomic mass is 19.1. The number of hydrazine groups is 1. The van der Waals surface area contributed by atoms with E-state index < -0.39 is 36.0 Å². The van der Waals surface area contributed by atoms with E-state index in [4.69, 9.17) is 0 Å². The minimum Gasteiger partial charge on any atom is -0.274 e. The summed E-state index contributed by atoms with van der Waals surface area (Å²) in [5, 5.41) is 0. The van der Waals surface area contributed by atoms with Crippen LogP contribution in [0, 0.1) is 17.7 Å². The highest BCUT2D eigenvalue weighted by Crippen LogP contribution is 2.34. The second kappa shape index (κ2) is 6.84. The maximum Gasteiger partial charge on any atom is 0.272 e. The standard InChI is InChI=1S/C17H16FN3O4/c18-13-8-4-3-7-12(13)15(23)20-19-14(22)9-21-16(24)10-5-1-2-6-11(10)17(21)25/h1-4,7-8,10-11H,5-6,9H2,(H,19,22)(H,20,23)/t10-,11-/m0/s1. The summed E-state index contributed by atoms with van der Waals surface area (Å²) >= 11 is 0. The summed E-state index contributed by atoms with van der Waals surface area (Å²) in [6, 6.07) is 5.30. The summed E-state index contributed by atoms with van der Waals surface area (Å²) < 4.78 is 13.5. The molecular formula is C17H16FN3O4. The van der Waals surface area contributed by atoms with Gasteiger partial charge in [0.25, 0.3) is 11.8 Å². The van der Waals surface area contributed by atoms with Crippen molar-refractivity contribution in [2.45, 2.75) is 12.8 Å². The lowest BCUT2D eigenvalue weighted by Gasteiger charge is -2.14. The number of hydrogen-bond donors (Lipinski definition) is 2. The summed E-state index contributed by atoms with van der Waals surface area (Å²) in [5.41, 5.74) is 3.93. The number of carbonyl (C=O) groups is 4. The van der Waals surface area contributed by atoms with Gasteiger partial charge in [-0.15, -0.1) is 0 Å². The van der Waals surface area contributed by atoms with Crippen LogP contribution in [0.3, 0.4) is 0 Å². The molecule has 7 nitrogen and oxygen atoms in total. The van der Waals surface area contributed by atoms with Crippen LogP contribution in [0.2, 0.25) is 0 Å². The van der Waals surface area contributed by atoms with Crippen LogP contribution in [0.1, 0.15) is 23.2 Å². The van der Waals surface area contributed by atoms with Gasteiger partial charge in [0.2, 0.25) is 11.8 Å². The summed E-state index contributed by atoms with van der Waals surface area (Å²) in [6.45, 7) is -0.484. The van der Waals surface area contributed by atoms with E-state index in [1.807, 2.05) is 12.2 Å². The van der Waals surface area contributed by atoms with Crippen LogP contribution in [0.5, 0.6) is 0 Å². The topological polar surface area (TPSA) is 95.6 Å². The van der Waals surface area contributed by atoms with Gasteiger partial charge in [0.15, 0.2) is 0 Å². The second-order valence-electron chi connectivity index (χ2n) is 5.90. The van der Waals surface area contributed by atoms with Crippen molar-refractivity contribution >= 4 is 23.6 Å². The Morgan fingerprint density at radius 3 is 2.24 bits per heavy atom. The first-order valence-electron chi connectivity index (χ1n) is 7.83. The third kappa shape index (κ3) is 3.28. The Morgan fingerprint density at radius 2 is 1.64 bits per heavy atom. The summed E-state index contributed by atoms with van der Waals surface area (Å²) in [4.78, 5) is 49.2. The molecule has 2 N–H and O–H groups in total. The van der Waals surface area contributed by atoms with E-state index in [0.717, 1.165) is 11.0 Å². The van der Waals surface area contributed by atoms with Crippen molar-refractivity contribution in [2.75, 3.05) is 6.54 Å². The van der Waals surface area contributed by atoms with E-state index in [-0.39, 0.29) is 17.4 Å². The third-order valence-electron chi connectivity index (χ3n) is 4.33. The smallest absolute Gasteiger partial charge is 0.272 e. The number of fused-ring (bicyclic) bond motifs is 1. The van der Waals surface area contributed by atoms with Gasteiger partial charge in [-0.1, -0.05) is 24.3 Å². The maximum absolute atomic E-state index is 13.5. The molecule has 2 atom stereocenters. The molecular weight excluding hydrogens is 329 g/mol. The van der Waals surface area contributed by atoms with E-state index >= 15 is 0 Å². The quantitative estimate of drug-likeness (QED) is 0.475. The fourth-order valence-corrected chi connectivity index (χ4v) is 3.05. The number of halogens is 1. The van der Waals surface area contributed by atoms with Crippen molar-refractivity contribution in [1.29, 1.82) is 0 Å². The fourth-order valence-electron chi connectivity index (χ4n) is 3.05. The van der Waals surface area contributed by atoms with Crippen molar-refractivity contribution in [2.24, 2.45) is 11.8 Å². The van der Waals surface area contributed by atoms with Gasteiger partial charge >= 0.3 is 0 Å². The number of imide groups is 1. The zero-order valence-corrected chi connectivity index (χ0v) is 13.2. The minimum atomic E-state index is -0.830. The molecule has 25 heavy (non-hydrogen) atoms. The molecule has 2 aliphatic rings. The van der Waals surface area contributed by atoms with Crippen molar-refractivity contribution in [3.63, 3.8) is 0 Å². The van der Waals surface area contributed by atoms with Crippen molar-refractivity contribution in [1.82, 2.24) is 15.8 Å². The van der Waals surface area contributed by atoms with Gasteiger partial charge in [0, 0.05) is 0 Å². The molecule has 0 spiro atoms. The molecule has 130 valence electrons. The van der Waals surface area contributed by atoms with Gasteiger partial charge in [-0.05, 0) is 25.0 Å². The van der Waals surface area contributed by atoms with Gasteiger partial charge in [-0.3, -0.25) is 34.9 Å². The fraction of sp³-hybridized carbons (Fsp3) is 0.294. The predicted molar refractivity (Wildman–Crippen MR) is 84.1 cm³/mol. The molecule has 1 fully saturated rings. The lowest BCUT2D eigenvalue weighted by atomic mass is 9.85. The third-order valence-corrected chi connectivity index (χ3v) is 4.33. The van der Waals surface area contributed by atoms with Crippen LogP contribution in [0.4, 0.5) is 4.39 Å². The molecule has 0 unspecified atom stereocenters. The Bertz CT molecular complexity index is 751. The zero-order valence-electron chi connectivity index (χ0n) is 13.2. The van der Waals surface area contributed by atoms with Gasteiger partial charge in [0.1, 0.15) is 12.4 Å². The lowest BCUT2D eigenvalue weighted by molar-refractivity contribution is -0.143. The lowest BCUT2D eigenvalue weighted by Crippen LogP contribution is -2.48. The number of nitrogens with one attached hydrogen (secondary N) is 2. The number of rotatable bonds is 3. The van der Waals surface area contributed by atoms with Crippen LogP contribution in [-0.2, 0) is 14.4 Å². The van der Waals surface area contributed by atoms with Crippen molar-refractivity contribution in [3.05, 3.63) is 47.8 Å². The molecule has 1 heterocycles. The molecule has 0 radical (unpaired) electrons. The molecule has 0 aromatic heterocycles. The first-order chi connectivity index (χ1) is 12.0. The molecule has 1 aliphatic heterocycles. The SMILES string of the molecule is O=C(CN1C(=O)[C@H]2CC=CC[C@@H]2C1=O)NNC(=O)c1ccccc1F. The summed E-state index contributed by atoms with van der Waals surface area (Å²) in [6.07, 6.45) is 4.67. The normalized spacial score (nSPS) is 21.9. The van der Waals surface area contributed by atoms with Crippen LogP contribution < -0.4 is 10.9 Å². The first-order valence-corrected chi connectivity index (χ1v) is 7.83. The molecule has 4 amide bonds. The number of allylic oxidation sites excluding steroid dienone is 2. The van der Waals surface area contributed by atoms with Gasteiger partial charge < -0.3 is 0 Å². The molecule has 1 aromatic rings. The zero-order chi connectivity index (χ0) is 18.0. The Balaban J connectivity index is 1.56. The number of benzene rings is 1. The van der Waals surface area contributed by atoms with Crippen molar-refractivity contribution in [3.8, 4) is 0 Å². The molecule has 1 aromatic carbocycles. The average molecular weight is 345 g/mol. The van der Waals surface area contributed by atoms with Crippen molar-refractivity contribution < 1.29 is 23.6 Å². The Kier molecular flexibility index (Phi) is 4.60. The molecule has 0 saturated carbocycles. The molecule has 0 bridgehead atoms. The Hall–Kier alpha value is -3.03. The van der Waals surface area contributed by atoms with E-state index in [1.54, 1.807) is 0 Å². The van der Waals surface area contributed by atoms with E-state index in [2.05, 4.69) is 10.9 Å². The Morgan fingerprint density at radius 1 is 1.04 bits per heavy atom. The molecule has 1 saturated heterocycles. The predicted octanol–water partition coefficient (Wildman–Crippen LogP) is 0.538. The van der Waals surface area contributed by atoms with E-state index in [1.165, 1.54) is 18.2 Å². The summed E-state index contributed by atoms with van der Waals surface area (Å²) in [5.74, 6) is -3.89. The number of carbonyl (C=O) groups excluding carboxylic acids is 4. The second-order valence-corrected chi connectivity index (χ2v) is 5.90. The first kappa shape index (κ1) is 16.8. The largest absolute Gasteiger partial charge is 0.274 e. The van der Waals surface area contributed by atoms with E-state index in [0.29, 0.717) is 12.8 Å². The molecule has 3 rings (SSSR count). The Labute approximate surface area is 142 Å². The monoisotopic (exact) mass is 345 g/mol. The minimum absolute atomic E-state index is 0.229.